The standard InChI is InChI=1S/C13H15ClN4O2/c1-20-13(19)11-12(9-3-5-10(14)6-4-9)18(17-16-11)8-2-7-15/h3-6H,2,7-8,15H2,1H3. The summed E-state index contributed by atoms with van der Waals surface area (Å²) in [5, 5.41) is 8.52. The molecule has 1 heterocycles. The Morgan fingerprint density at radius 2 is 2.10 bits per heavy atom. The van der Waals surface area contributed by atoms with E-state index in [0.717, 1.165) is 12.0 Å². The fourth-order valence-corrected chi connectivity index (χ4v) is 1.96. The molecule has 2 N–H and O–H groups in total. The predicted octanol–water partition coefficient (Wildman–Crippen LogP) is 1.73. The lowest BCUT2D eigenvalue weighted by molar-refractivity contribution is 0.0595. The van der Waals surface area contributed by atoms with Gasteiger partial charge in [0.15, 0.2) is 5.69 Å². The first kappa shape index (κ1) is 14.5. The molecule has 7 heteroatoms. The van der Waals surface area contributed by atoms with E-state index in [2.05, 4.69) is 10.3 Å². The van der Waals surface area contributed by atoms with Gasteiger partial charge in [0.2, 0.25) is 0 Å². The van der Waals surface area contributed by atoms with Gasteiger partial charge in [0.1, 0.15) is 5.69 Å². The van der Waals surface area contributed by atoms with Crippen LogP contribution in [-0.4, -0.2) is 34.6 Å². The number of rotatable bonds is 5. The van der Waals surface area contributed by atoms with Crippen LogP contribution in [0.5, 0.6) is 0 Å². The van der Waals surface area contributed by atoms with Gasteiger partial charge in [0.25, 0.3) is 0 Å². The van der Waals surface area contributed by atoms with E-state index in [9.17, 15) is 4.79 Å². The number of aryl methyl sites for hydroxylation is 1. The van der Waals surface area contributed by atoms with Crippen LogP contribution < -0.4 is 5.73 Å². The predicted molar refractivity (Wildman–Crippen MR) is 75.5 cm³/mol. The van der Waals surface area contributed by atoms with Crippen LogP contribution >= 0.6 is 11.6 Å². The van der Waals surface area contributed by atoms with Crippen molar-refractivity contribution in [2.75, 3.05) is 13.7 Å². The minimum absolute atomic E-state index is 0.187. The van der Waals surface area contributed by atoms with Crippen molar-refractivity contribution < 1.29 is 9.53 Å². The summed E-state index contributed by atoms with van der Waals surface area (Å²) in [4.78, 5) is 11.8. The van der Waals surface area contributed by atoms with Gasteiger partial charge < -0.3 is 10.5 Å². The molecule has 0 saturated heterocycles. The first-order valence-corrected chi connectivity index (χ1v) is 6.53. The fourth-order valence-electron chi connectivity index (χ4n) is 1.84. The van der Waals surface area contributed by atoms with Gasteiger partial charge in [-0.05, 0) is 25.1 Å². The summed E-state index contributed by atoms with van der Waals surface area (Å²) in [6.07, 6.45) is 0.741. The summed E-state index contributed by atoms with van der Waals surface area (Å²) in [6, 6.07) is 7.12. The van der Waals surface area contributed by atoms with E-state index in [0.29, 0.717) is 23.8 Å². The van der Waals surface area contributed by atoms with Crippen molar-refractivity contribution in [2.24, 2.45) is 5.73 Å². The highest BCUT2D eigenvalue weighted by atomic mass is 35.5. The molecule has 0 unspecified atom stereocenters. The smallest absolute Gasteiger partial charge is 0.360 e. The van der Waals surface area contributed by atoms with Crippen LogP contribution in [0.1, 0.15) is 16.9 Å². The minimum Gasteiger partial charge on any atom is -0.464 e. The van der Waals surface area contributed by atoms with Crippen molar-refractivity contribution in [3.05, 3.63) is 35.0 Å². The zero-order valence-corrected chi connectivity index (χ0v) is 11.8. The molecule has 1 aromatic heterocycles. The highest BCUT2D eigenvalue weighted by Gasteiger charge is 2.21. The zero-order chi connectivity index (χ0) is 14.5. The Bertz CT molecular complexity index is 595. The van der Waals surface area contributed by atoms with Crippen LogP contribution in [-0.2, 0) is 11.3 Å². The zero-order valence-electron chi connectivity index (χ0n) is 11.0. The number of hydrogen-bond acceptors (Lipinski definition) is 5. The number of esters is 1. The Morgan fingerprint density at radius 3 is 2.70 bits per heavy atom. The molecular formula is C13H15ClN4O2. The summed E-state index contributed by atoms with van der Waals surface area (Å²) >= 11 is 5.88. The van der Waals surface area contributed by atoms with E-state index in [-0.39, 0.29) is 5.69 Å². The molecule has 1 aromatic carbocycles. The van der Waals surface area contributed by atoms with E-state index in [4.69, 9.17) is 22.1 Å². The van der Waals surface area contributed by atoms with Crippen molar-refractivity contribution in [3.63, 3.8) is 0 Å². The quantitative estimate of drug-likeness (QED) is 0.849. The molecule has 0 fully saturated rings. The average Bonchev–Trinajstić information content (AvgIpc) is 2.89. The number of nitrogens with zero attached hydrogens (tertiary/aromatic N) is 3. The largest absolute Gasteiger partial charge is 0.464 e. The van der Waals surface area contributed by atoms with Gasteiger partial charge in [0, 0.05) is 17.1 Å². The van der Waals surface area contributed by atoms with Crippen molar-refractivity contribution in [2.45, 2.75) is 13.0 Å². The Hall–Kier alpha value is -1.92. The van der Waals surface area contributed by atoms with Gasteiger partial charge >= 0.3 is 5.97 Å². The number of nitrogens with two attached hydrogens (primary N) is 1. The average molecular weight is 295 g/mol. The molecule has 0 radical (unpaired) electrons. The van der Waals surface area contributed by atoms with Crippen LogP contribution in [0.25, 0.3) is 11.3 Å². The molecule has 6 nitrogen and oxygen atoms in total. The van der Waals surface area contributed by atoms with Gasteiger partial charge in [-0.1, -0.05) is 28.9 Å². The molecule has 0 aliphatic carbocycles. The lowest BCUT2D eigenvalue weighted by Gasteiger charge is -2.07. The van der Waals surface area contributed by atoms with Crippen LogP contribution in [0.3, 0.4) is 0 Å². The van der Waals surface area contributed by atoms with Crippen LogP contribution in [0.4, 0.5) is 0 Å². The third-order valence-electron chi connectivity index (χ3n) is 2.81. The maximum absolute atomic E-state index is 11.8. The monoisotopic (exact) mass is 294 g/mol. The number of benzene rings is 1. The lowest BCUT2D eigenvalue weighted by Crippen LogP contribution is -2.09. The SMILES string of the molecule is COC(=O)c1nnn(CCCN)c1-c1ccc(Cl)cc1. The lowest BCUT2D eigenvalue weighted by atomic mass is 10.1. The number of carbonyl (C=O) groups excluding carboxylic acids is 1. The molecular weight excluding hydrogens is 280 g/mol. The van der Waals surface area contributed by atoms with Gasteiger partial charge in [-0.3, -0.25) is 0 Å². The fraction of sp³-hybridized carbons (Fsp3) is 0.308. The molecule has 0 aliphatic rings. The molecule has 0 saturated carbocycles. The van der Waals surface area contributed by atoms with Crippen molar-refractivity contribution in [1.82, 2.24) is 15.0 Å². The van der Waals surface area contributed by atoms with Crippen LogP contribution in [0, 0.1) is 0 Å². The summed E-state index contributed by atoms with van der Waals surface area (Å²) in [7, 11) is 1.31. The van der Waals surface area contributed by atoms with Gasteiger partial charge in [-0.2, -0.15) is 0 Å². The third-order valence-corrected chi connectivity index (χ3v) is 3.06. The van der Waals surface area contributed by atoms with E-state index < -0.39 is 5.97 Å². The summed E-state index contributed by atoms with van der Waals surface area (Å²) < 4.78 is 6.39. The Labute approximate surface area is 121 Å². The normalized spacial score (nSPS) is 10.6. The first-order valence-electron chi connectivity index (χ1n) is 6.15. The van der Waals surface area contributed by atoms with E-state index in [1.165, 1.54) is 7.11 Å². The van der Waals surface area contributed by atoms with Crippen LogP contribution in [0.2, 0.25) is 5.02 Å². The molecule has 0 amide bonds. The molecule has 20 heavy (non-hydrogen) atoms. The Kier molecular flexibility index (Phi) is 4.70. The number of aromatic nitrogens is 3. The molecule has 106 valence electrons. The first-order chi connectivity index (χ1) is 9.67. The molecule has 2 rings (SSSR count). The summed E-state index contributed by atoms with van der Waals surface area (Å²) in [5.74, 6) is -0.519. The van der Waals surface area contributed by atoms with E-state index in [1.54, 1.807) is 16.8 Å². The van der Waals surface area contributed by atoms with Crippen LogP contribution in [0.15, 0.2) is 24.3 Å². The molecule has 0 atom stereocenters. The topological polar surface area (TPSA) is 83.0 Å². The number of carbonyl (C=O) groups is 1. The van der Waals surface area contributed by atoms with Crippen molar-refractivity contribution >= 4 is 17.6 Å². The second kappa shape index (κ2) is 6.49. The minimum atomic E-state index is -0.519. The molecule has 0 spiro atoms. The highest BCUT2D eigenvalue weighted by Crippen LogP contribution is 2.24. The third kappa shape index (κ3) is 2.97. The number of hydrogen-bond donors (Lipinski definition) is 1. The molecule has 2 aromatic rings. The molecule has 0 aliphatic heterocycles. The number of halogens is 1. The summed E-state index contributed by atoms with van der Waals surface area (Å²) in [5.41, 5.74) is 7.11. The Balaban J connectivity index is 2.48. The maximum Gasteiger partial charge on any atom is 0.360 e. The molecule has 0 bridgehead atoms. The Morgan fingerprint density at radius 1 is 1.40 bits per heavy atom. The van der Waals surface area contributed by atoms with Gasteiger partial charge in [-0.15, -0.1) is 5.10 Å². The maximum atomic E-state index is 11.8. The second-order valence-corrected chi connectivity index (χ2v) is 4.59. The van der Waals surface area contributed by atoms with E-state index in [1.807, 2.05) is 12.1 Å². The number of methoxy groups -OCH3 is 1. The van der Waals surface area contributed by atoms with Crippen molar-refractivity contribution in [1.29, 1.82) is 0 Å². The van der Waals surface area contributed by atoms with Gasteiger partial charge in [0.05, 0.1) is 7.11 Å². The highest BCUT2D eigenvalue weighted by molar-refractivity contribution is 6.30. The van der Waals surface area contributed by atoms with Crippen molar-refractivity contribution in [3.8, 4) is 11.3 Å². The van der Waals surface area contributed by atoms with E-state index >= 15 is 0 Å². The van der Waals surface area contributed by atoms with Gasteiger partial charge in [-0.25, -0.2) is 9.48 Å². The summed E-state index contributed by atoms with van der Waals surface area (Å²) in [6.45, 7) is 1.12. The number of ether oxygens (including phenoxy) is 1. The second-order valence-electron chi connectivity index (χ2n) is 4.15.